The summed E-state index contributed by atoms with van der Waals surface area (Å²) in [5.74, 6) is 0. The number of rotatable bonds is 7. The molecule has 3 heteroatoms. The van der Waals surface area contributed by atoms with E-state index in [0.29, 0.717) is 18.2 Å². The second-order valence-electron chi connectivity index (χ2n) is 4.40. The molecule has 0 radical (unpaired) electrons. The predicted molar refractivity (Wildman–Crippen MR) is 62.1 cm³/mol. The van der Waals surface area contributed by atoms with Crippen LogP contribution in [0.4, 0.5) is 0 Å². The molecule has 1 N–H and O–H groups in total. The van der Waals surface area contributed by atoms with Crippen molar-refractivity contribution >= 4 is 0 Å². The van der Waals surface area contributed by atoms with Crippen molar-refractivity contribution in [3.05, 3.63) is 0 Å². The summed E-state index contributed by atoms with van der Waals surface area (Å²) in [5, 5.41) is 3.31. The van der Waals surface area contributed by atoms with Crippen LogP contribution in [0.3, 0.4) is 0 Å². The van der Waals surface area contributed by atoms with Crippen LogP contribution < -0.4 is 5.32 Å². The van der Waals surface area contributed by atoms with Crippen LogP contribution in [-0.2, 0) is 9.47 Å². The molecule has 90 valence electrons. The first-order valence-corrected chi connectivity index (χ1v) is 6.09. The van der Waals surface area contributed by atoms with Gasteiger partial charge in [-0.25, -0.2) is 0 Å². The fourth-order valence-electron chi connectivity index (χ4n) is 2.22. The molecule has 1 fully saturated rings. The average molecular weight is 215 g/mol. The smallest absolute Gasteiger partial charge is 0.0696 e. The molecule has 1 heterocycles. The molecule has 0 saturated carbocycles. The summed E-state index contributed by atoms with van der Waals surface area (Å²) < 4.78 is 10.9. The van der Waals surface area contributed by atoms with Crippen molar-refractivity contribution in [1.82, 2.24) is 5.32 Å². The van der Waals surface area contributed by atoms with Gasteiger partial charge in [0.25, 0.3) is 0 Å². The van der Waals surface area contributed by atoms with Crippen molar-refractivity contribution in [2.45, 2.75) is 57.3 Å². The number of methoxy groups -OCH3 is 1. The molecule has 1 saturated heterocycles. The highest BCUT2D eigenvalue weighted by Gasteiger charge is 2.18. The molecule has 0 aromatic rings. The van der Waals surface area contributed by atoms with E-state index in [4.69, 9.17) is 9.47 Å². The number of hydrogen-bond acceptors (Lipinski definition) is 3. The molecular weight excluding hydrogens is 190 g/mol. The predicted octanol–water partition coefficient (Wildman–Crippen LogP) is 1.96. The van der Waals surface area contributed by atoms with Gasteiger partial charge in [0.2, 0.25) is 0 Å². The van der Waals surface area contributed by atoms with Crippen LogP contribution in [0.5, 0.6) is 0 Å². The van der Waals surface area contributed by atoms with E-state index in [9.17, 15) is 0 Å². The van der Waals surface area contributed by atoms with Crippen LogP contribution in [0.15, 0.2) is 0 Å². The van der Waals surface area contributed by atoms with Gasteiger partial charge < -0.3 is 14.8 Å². The Bertz CT molecular complexity index is 158. The summed E-state index contributed by atoms with van der Waals surface area (Å²) in [4.78, 5) is 0. The zero-order chi connectivity index (χ0) is 11.1. The van der Waals surface area contributed by atoms with Gasteiger partial charge in [-0.1, -0.05) is 0 Å². The molecule has 0 aromatic carbocycles. The molecule has 3 unspecified atom stereocenters. The van der Waals surface area contributed by atoms with Gasteiger partial charge in [-0.15, -0.1) is 0 Å². The highest BCUT2D eigenvalue weighted by Crippen LogP contribution is 2.18. The molecule has 0 amide bonds. The summed E-state index contributed by atoms with van der Waals surface area (Å²) in [6.07, 6.45) is 6.92. The maximum absolute atomic E-state index is 5.60. The molecule has 0 aromatic heterocycles. The summed E-state index contributed by atoms with van der Waals surface area (Å²) in [7, 11) is 3.78. The van der Waals surface area contributed by atoms with Gasteiger partial charge in [0.05, 0.1) is 12.2 Å². The fraction of sp³-hybridized carbons (Fsp3) is 1.00. The minimum absolute atomic E-state index is 0.291. The Labute approximate surface area is 93.5 Å². The number of hydrogen-bond donors (Lipinski definition) is 1. The Balaban J connectivity index is 2.10. The maximum atomic E-state index is 5.60. The molecule has 15 heavy (non-hydrogen) atoms. The minimum Gasteiger partial charge on any atom is -0.380 e. The highest BCUT2D eigenvalue weighted by atomic mass is 16.5. The van der Waals surface area contributed by atoms with E-state index in [-0.39, 0.29) is 0 Å². The first-order chi connectivity index (χ1) is 7.27. The Hall–Kier alpha value is -0.120. The van der Waals surface area contributed by atoms with E-state index in [0.717, 1.165) is 6.61 Å². The SMILES string of the molecule is CNC(CCCC1CCCO1)C(C)OC. The van der Waals surface area contributed by atoms with Crippen molar-refractivity contribution in [2.75, 3.05) is 20.8 Å². The summed E-state index contributed by atoms with van der Waals surface area (Å²) in [5.41, 5.74) is 0. The van der Waals surface area contributed by atoms with Gasteiger partial charge in [0.15, 0.2) is 0 Å². The zero-order valence-electron chi connectivity index (χ0n) is 10.3. The normalized spacial score (nSPS) is 25.4. The van der Waals surface area contributed by atoms with Crippen molar-refractivity contribution in [1.29, 1.82) is 0 Å². The zero-order valence-corrected chi connectivity index (χ0v) is 10.3. The van der Waals surface area contributed by atoms with Crippen LogP contribution in [0, 0.1) is 0 Å². The second-order valence-corrected chi connectivity index (χ2v) is 4.40. The number of nitrogens with one attached hydrogen (secondary N) is 1. The third kappa shape index (κ3) is 4.49. The van der Waals surface area contributed by atoms with E-state index in [1.165, 1.54) is 32.1 Å². The minimum atomic E-state index is 0.291. The average Bonchev–Trinajstić information content (AvgIpc) is 2.76. The van der Waals surface area contributed by atoms with E-state index in [2.05, 4.69) is 12.2 Å². The topological polar surface area (TPSA) is 30.5 Å². The lowest BCUT2D eigenvalue weighted by Crippen LogP contribution is -2.37. The Morgan fingerprint density at radius 1 is 1.53 bits per heavy atom. The standard InChI is InChI=1S/C12H25NO2/c1-10(14-3)12(13-2)8-4-6-11-7-5-9-15-11/h10-13H,4-9H2,1-3H3. The van der Waals surface area contributed by atoms with Gasteiger partial charge in [0, 0.05) is 19.8 Å². The van der Waals surface area contributed by atoms with E-state index in [1.807, 2.05) is 7.05 Å². The van der Waals surface area contributed by atoms with Gasteiger partial charge in [-0.05, 0) is 46.1 Å². The lowest BCUT2D eigenvalue weighted by Gasteiger charge is -2.22. The third-order valence-corrected chi connectivity index (χ3v) is 3.37. The quantitative estimate of drug-likeness (QED) is 0.704. The summed E-state index contributed by atoms with van der Waals surface area (Å²) in [6, 6.07) is 0.469. The molecule has 1 aliphatic heterocycles. The van der Waals surface area contributed by atoms with Gasteiger partial charge in [-0.2, -0.15) is 0 Å². The molecule has 3 nitrogen and oxygen atoms in total. The Morgan fingerprint density at radius 3 is 2.87 bits per heavy atom. The van der Waals surface area contributed by atoms with Crippen LogP contribution in [0.1, 0.15) is 39.0 Å². The largest absolute Gasteiger partial charge is 0.380 e. The molecule has 0 spiro atoms. The van der Waals surface area contributed by atoms with Crippen molar-refractivity contribution in [3.8, 4) is 0 Å². The third-order valence-electron chi connectivity index (χ3n) is 3.37. The Kier molecular flexibility index (Phi) is 6.22. The molecular formula is C12H25NO2. The van der Waals surface area contributed by atoms with E-state index < -0.39 is 0 Å². The van der Waals surface area contributed by atoms with Crippen LogP contribution in [0.2, 0.25) is 0 Å². The van der Waals surface area contributed by atoms with Gasteiger partial charge in [0.1, 0.15) is 0 Å². The molecule has 0 aliphatic carbocycles. The van der Waals surface area contributed by atoms with E-state index in [1.54, 1.807) is 7.11 Å². The lowest BCUT2D eigenvalue weighted by atomic mass is 10.0. The fourth-order valence-corrected chi connectivity index (χ4v) is 2.22. The molecule has 1 rings (SSSR count). The molecule has 0 bridgehead atoms. The molecule has 3 atom stereocenters. The number of likely N-dealkylation sites (N-methyl/N-ethyl adjacent to an activating group) is 1. The van der Waals surface area contributed by atoms with Gasteiger partial charge in [-0.3, -0.25) is 0 Å². The second kappa shape index (κ2) is 7.20. The van der Waals surface area contributed by atoms with Crippen molar-refractivity contribution in [2.24, 2.45) is 0 Å². The monoisotopic (exact) mass is 215 g/mol. The van der Waals surface area contributed by atoms with Crippen molar-refractivity contribution < 1.29 is 9.47 Å². The first-order valence-electron chi connectivity index (χ1n) is 6.09. The maximum Gasteiger partial charge on any atom is 0.0696 e. The van der Waals surface area contributed by atoms with Crippen LogP contribution >= 0.6 is 0 Å². The lowest BCUT2D eigenvalue weighted by molar-refractivity contribution is 0.0750. The first kappa shape index (κ1) is 12.9. The van der Waals surface area contributed by atoms with Crippen LogP contribution in [-0.4, -0.2) is 39.0 Å². The summed E-state index contributed by atoms with van der Waals surface area (Å²) in [6.45, 7) is 3.09. The van der Waals surface area contributed by atoms with Gasteiger partial charge >= 0.3 is 0 Å². The van der Waals surface area contributed by atoms with E-state index >= 15 is 0 Å². The van der Waals surface area contributed by atoms with Crippen LogP contribution in [0.25, 0.3) is 0 Å². The number of ether oxygens (including phenoxy) is 2. The van der Waals surface area contributed by atoms with Crippen molar-refractivity contribution in [3.63, 3.8) is 0 Å². The summed E-state index contributed by atoms with van der Waals surface area (Å²) >= 11 is 0. The Morgan fingerprint density at radius 2 is 2.33 bits per heavy atom. The highest BCUT2D eigenvalue weighted by molar-refractivity contribution is 4.73. The molecule has 1 aliphatic rings.